The molecule has 0 saturated heterocycles. The van der Waals surface area contributed by atoms with Crippen molar-refractivity contribution in [3.8, 4) is 11.5 Å². The molecular weight excluding hydrogens is 232 g/mol. The summed E-state index contributed by atoms with van der Waals surface area (Å²) < 4.78 is 11.0. The van der Waals surface area contributed by atoms with Gasteiger partial charge in [-0.25, -0.2) is 0 Å². The van der Waals surface area contributed by atoms with Gasteiger partial charge in [-0.2, -0.15) is 0 Å². The minimum atomic E-state index is -0.0290. The van der Waals surface area contributed by atoms with Crippen LogP contribution in [0.1, 0.15) is 24.3 Å². The summed E-state index contributed by atoms with van der Waals surface area (Å²) in [7, 11) is 0. The zero-order valence-electron chi connectivity index (χ0n) is 9.89. The molecule has 0 radical (unpaired) electrons. The van der Waals surface area contributed by atoms with E-state index in [1.165, 1.54) is 6.08 Å². The lowest BCUT2D eigenvalue weighted by Gasteiger charge is -2.23. The molecule has 94 valence electrons. The Bertz CT molecular complexity index is 519. The highest BCUT2D eigenvalue weighted by atomic mass is 16.6. The lowest BCUT2D eigenvalue weighted by Crippen LogP contribution is -2.16. The second-order valence-corrected chi connectivity index (χ2v) is 4.61. The van der Waals surface area contributed by atoms with Crippen LogP contribution in [0.25, 0.3) is 0 Å². The Morgan fingerprint density at radius 2 is 1.89 bits per heavy atom. The van der Waals surface area contributed by atoms with Crippen molar-refractivity contribution in [3.63, 3.8) is 0 Å². The summed E-state index contributed by atoms with van der Waals surface area (Å²) in [6, 6.07) is 5.71. The molecule has 4 nitrogen and oxygen atoms in total. The molecule has 1 aliphatic heterocycles. The fourth-order valence-electron chi connectivity index (χ4n) is 2.42. The van der Waals surface area contributed by atoms with Crippen molar-refractivity contribution >= 4 is 5.78 Å². The standard InChI is InChI=1S/C14H14O4/c15-11-5-10(6-12(16)8-11)9-1-2-13-14(7-9)18-4-3-17-13/h1-2,7-8,10,15H,3-6H2. The van der Waals surface area contributed by atoms with E-state index >= 15 is 0 Å². The van der Waals surface area contributed by atoms with Gasteiger partial charge in [0, 0.05) is 18.9 Å². The van der Waals surface area contributed by atoms with Crippen LogP contribution in [0.5, 0.6) is 11.5 Å². The molecule has 1 aliphatic carbocycles. The lowest BCUT2D eigenvalue weighted by atomic mass is 9.86. The first-order valence-corrected chi connectivity index (χ1v) is 6.04. The zero-order chi connectivity index (χ0) is 12.5. The third kappa shape index (κ3) is 2.06. The first-order valence-electron chi connectivity index (χ1n) is 6.04. The molecule has 3 rings (SSSR count). The van der Waals surface area contributed by atoms with E-state index in [0.717, 1.165) is 17.1 Å². The Labute approximate surface area is 105 Å². The fourth-order valence-corrected chi connectivity index (χ4v) is 2.42. The molecule has 0 aromatic heterocycles. The van der Waals surface area contributed by atoms with Gasteiger partial charge in [0.15, 0.2) is 17.3 Å². The average molecular weight is 246 g/mol. The third-order valence-corrected chi connectivity index (χ3v) is 3.27. The predicted molar refractivity (Wildman–Crippen MR) is 65.1 cm³/mol. The highest BCUT2D eigenvalue weighted by Gasteiger charge is 2.23. The molecule has 1 heterocycles. The summed E-state index contributed by atoms with van der Waals surface area (Å²) in [5, 5.41) is 9.53. The quantitative estimate of drug-likeness (QED) is 0.826. The number of hydrogen-bond donors (Lipinski definition) is 1. The number of rotatable bonds is 1. The van der Waals surface area contributed by atoms with Gasteiger partial charge in [-0.15, -0.1) is 0 Å². The predicted octanol–water partition coefficient (Wildman–Crippen LogP) is 2.35. The van der Waals surface area contributed by atoms with Crippen LogP contribution < -0.4 is 9.47 Å². The van der Waals surface area contributed by atoms with Gasteiger partial charge < -0.3 is 14.6 Å². The number of hydrogen-bond acceptors (Lipinski definition) is 4. The van der Waals surface area contributed by atoms with Gasteiger partial charge in [0.25, 0.3) is 0 Å². The molecule has 1 atom stereocenters. The van der Waals surface area contributed by atoms with Crippen LogP contribution in [-0.2, 0) is 4.79 Å². The lowest BCUT2D eigenvalue weighted by molar-refractivity contribution is -0.115. The van der Waals surface area contributed by atoms with Crippen LogP contribution in [0.3, 0.4) is 0 Å². The van der Waals surface area contributed by atoms with E-state index in [1.807, 2.05) is 18.2 Å². The van der Waals surface area contributed by atoms with E-state index in [4.69, 9.17) is 9.47 Å². The zero-order valence-corrected chi connectivity index (χ0v) is 9.89. The Morgan fingerprint density at radius 3 is 2.67 bits per heavy atom. The van der Waals surface area contributed by atoms with Crippen molar-refractivity contribution in [2.75, 3.05) is 13.2 Å². The van der Waals surface area contributed by atoms with E-state index in [2.05, 4.69) is 0 Å². The molecule has 1 aromatic carbocycles. The third-order valence-electron chi connectivity index (χ3n) is 3.27. The largest absolute Gasteiger partial charge is 0.512 e. The maximum atomic E-state index is 11.5. The van der Waals surface area contributed by atoms with Crippen molar-refractivity contribution in [2.24, 2.45) is 0 Å². The van der Waals surface area contributed by atoms with Gasteiger partial charge in [-0.1, -0.05) is 6.07 Å². The molecule has 1 unspecified atom stereocenters. The van der Waals surface area contributed by atoms with Crippen molar-refractivity contribution < 1.29 is 19.4 Å². The SMILES string of the molecule is O=C1C=C(O)CC(c2ccc3c(c2)OCCO3)C1. The van der Waals surface area contributed by atoms with Crippen LogP contribution in [0.15, 0.2) is 30.0 Å². The van der Waals surface area contributed by atoms with Crippen molar-refractivity contribution in [1.29, 1.82) is 0 Å². The number of carbonyl (C=O) groups excluding carboxylic acids is 1. The monoisotopic (exact) mass is 246 g/mol. The average Bonchev–Trinajstić information content (AvgIpc) is 2.37. The molecule has 0 fully saturated rings. The van der Waals surface area contributed by atoms with Crippen LogP contribution in [-0.4, -0.2) is 24.1 Å². The van der Waals surface area contributed by atoms with Crippen molar-refractivity contribution in [2.45, 2.75) is 18.8 Å². The number of aliphatic hydroxyl groups is 1. The minimum absolute atomic E-state index is 0.0262. The highest BCUT2D eigenvalue weighted by molar-refractivity contribution is 5.91. The van der Waals surface area contributed by atoms with E-state index in [9.17, 15) is 9.90 Å². The molecular formula is C14H14O4. The van der Waals surface area contributed by atoms with E-state index in [1.54, 1.807) is 0 Å². The first kappa shape index (κ1) is 11.1. The van der Waals surface area contributed by atoms with Gasteiger partial charge in [-0.05, 0) is 23.6 Å². The summed E-state index contributed by atoms with van der Waals surface area (Å²) >= 11 is 0. The summed E-state index contributed by atoms with van der Waals surface area (Å²) in [5.74, 6) is 1.62. The van der Waals surface area contributed by atoms with Gasteiger partial charge in [0.2, 0.25) is 0 Å². The number of fused-ring (bicyclic) bond motifs is 1. The number of benzene rings is 1. The molecule has 0 amide bonds. The Balaban J connectivity index is 1.89. The number of allylic oxidation sites excluding steroid dienone is 2. The fraction of sp³-hybridized carbons (Fsp3) is 0.357. The number of carbonyl (C=O) groups is 1. The normalized spacial score (nSPS) is 22.6. The topological polar surface area (TPSA) is 55.8 Å². The van der Waals surface area contributed by atoms with Crippen LogP contribution in [0, 0.1) is 0 Å². The second-order valence-electron chi connectivity index (χ2n) is 4.61. The van der Waals surface area contributed by atoms with Crippen molar-refractivity contribution in [3.05, 3.63) is 35.6 Å². The van der Waals surface area contributed by atoms with Gasteiger partial charge in [0.05, 0.1) is 5.76 Å². The highest BCUT2D eigenvalue weighted by Crippen LogP contribution is 2.37. The molecule has 4 heteroatoms. The van der Waals surface area contributed by atoms with E-state index in [-0.39, 0.29) is 17.5 Å². The Morgan fingerprint density at radius 1 is 1.11 bits per heavy atom. The smallest absolute Gasteiger partial charge is 0.161 e. The molecule has 0 bridgehead atoms. The Hall–Kier alpha value is -1.97. The summed E-state index contributed by atoms with van der Waals surface area (Å²) in [4.78, 5) is 11.5. The molecule has 2 aliphatic rings. The van der Waals surface area contributed by atoms with Gasteiger partial charge in [-0.3, -0.25) is 4.79 Å². The van der Waals surface area contributed by atoms with Gasteiger partial charge >= 0.3 is 0 Å². The van der Waals surface area contributed by atoms with Crippen LogP contribution >= 0.6 is 0 Å². The molecule has 0 saturated carbocycles. The summed E-state index contributed by atoms with van der Waals surface area (Å²) in [6.45, 7) is 1.11. The van der Waals surface area contributed by atoms with Crippen molar-refractivity contribution in [1.82, 2.24) is 0 Å². The number of aliphatic hydroxyl groups excluding tert-OH is 1. The second kappa shape index (κ2) is 4.37. The maximum Gasteiger partial charge on any atom is 0.161 e. The molecule has 0 spiro atoms. The van der Waals surface area contributed by atoms with E-state index in [0.29, 0.717) is 26.1 Å². The van der Waals surface area contributed by atoms with E-state index < -0.39 is 0 Å². The summed E-state index contributed by atoms with van der Waals surface area (Å²) in [6.07, 6.45) is 2.25. The van der Waals surface area contributed by atoms with Crippen LogP contribution in [0.2, 0.25) is 0 Å². The summed E-state index contributed by atoms with van der Waals surface area (Å²) in [5.41, 5.74) is 1.01. The molecule has 1 N–H and O–H groups in total. The van der Waals surface area contributed by atoms with Gasteiger partial charge in [0.1, 0.15) is 13.2 Å². The number of ether oxygens (including phenoxy) is 2. The first-order chi connectivity index (χ1) is 8.72. The number of ketones is 1. The van der Waals surface area contributed by atoms with Crippen LogP contribution in [0.4, 0.5) is 0 Å². The molecule has 1 aromatic rings. The minimum Gasteiger partial charge on any atom is -0.512 e. The Kier molecular flexibility index (Phi) is 2.70. The molecule has 18 heavy (non-hydrogen) atoms. The maximum absolute atomic E-state index is 11.5.